The number of rotatable bonds is 3. The van der Waals surface area contributed by atoms with E-state index in [1.807, 2.05) is 0 Å². The zero-order valence-electron chi connectivity index (χ0n) is 11.2. The van der Waals surface area contributed by atoms with Crippen LogP contribution in [0.25, 0.3) is 0 Å². The molecule has 0 radical (unpaired) electrons. The standard InChI is InChI=1S/C15H18F2N2O/c16-12-6-13(17)14(18)5-11(12)15(20)19-7-10-4-8-1-2-9(10)3-8/h5-6,8-10H,1-4,7,18H2,(H,19,20). The first-order chi connectivity index (χ1) is 9.54. The van der Waals surface area contributed by atoms with Crippen LogP contribution in [0, 0.1) is 29.4 Å². The molecule has 3 atom stereocenters. The number of benzene rings is 1. The quantitative estimate of drug-likeness (QED) is 0.836. The number of hydrogen-bond donors (Lipinski definition) is 2. The number of hydrogen-bond acceptors (Lipinski definition) is 2. The molecule has 5 heteroatoms. The number of carbonyl (C=O) groups excluding carboxylic acids is 1. The summed E-state index contributed by atoms with van der Waals surface area (Å²) in [6.45, 7) is 0.566. The Morgan fingerprint density at radius 3 is 2.70 bits per heavy atom. The molecule has 2 bridgehead atoms. The molecule has 0 spiro atoms. The van der Waals surface area contributed by atoms with Gasteiger partial charge >= 0.3 is 0 Å². The molecule has 2 aliphatic rings. The molecular weight excluding hydrogens is 262 g/mol. The third kappa shape index (κ3) is 2.37. The fraction of sp³-hybridized carbons (Fsp3) is 0.533. The Kier molecular flexibility index (Phi) is 3.36. The Bertz CT molecular complexity index is 547. The molecule has 2 fully saturated rings. The van der Waals surface area contributed by atoms with Crippen molar-refractivity contribution in [1.29, 1.82) is 0 Å². The van der Waals surface area contributed by atoms with Crippen LogP contribution in [0.5, 0.6) is 0 Å². The number of amides is 1. The third-order valence-electron chi connectivity index (χ3n) is 4.74. The van der Waals surface area contributed by atoms with Crippen molar-refractivity contribution in [2.45, 2.75) is 25.7 Å². The van der Waals surface area contributed by atoms with Crippen LogP contribution < -0.4 is 11.1 Å². The van der Waals surface area contributed by atoms with Gasteiger partial charge in [0.2, 0.25) is 0 Å². The first-order valence-electron chi connectivity index (χ1n) is 7.07. The van der Waals surface area contributed by atoms with E-state index in [-0.39, 0.29) is 11.3 Å². The summed E-state index contributed by atoms with van der Waals surface area (Å²) in [6, 6.07) is 1.71. The average molecular weight is 280 g/mol. The van der Waals surface area contributed by atoms with Gasteiger partial charge in [0.1, 0.15) is 11.6 Å². The molecule has 20 heavy (non-hydrogen) atoms. The number of fused-ring (bicyclic) bond motifs is 2. The predicted octanol–water partition coefficient (Wildman–Crippen LogP) is 2.71. The molecule has 2 aliphatic carbocycles. The number of nitrogens with two attached hydrogens (primary N) is 1. The van der Waals surface area contributed by atoms with Crippen molar-refractivity contribution in [3.05, 3.63) is 29.3 Å². The second-order valence-corrected chi connectivity index (χ2v) is 6.00. The van der Waals surface area contributed by atoms with E-state index in [1.165, 1.54) is 19.3 Å². The van der Waals surface area contributed by atoms with E-state index >= 15 is 0 Å². The van der Waals surface area contributed by atoms with Crippen LogP contribution in [0.15, 0.2) is 12.1 Å². The molecule has 1 amide bonds. The molecule has 3 rings (SSSR count). The minimum absolute atomic E-state index is 0.188. The maximum absolute atomic E-state index is 13.6. The summed E-state index contributed by atoms with van der Waals surface area (Å²) in [5.74, 6) is -0.228. The van der Waals surface area contributed by atoms with Crippen molar-refractivity contribution in [1.82, 2.24) is 5.32 Å². The highest BCUT2D eigenvalue weighted by Crippen LogP contribution is 2.47. The second-order valence-electron chi connectivity index (χ2n) is 6.00. The molecule has 1 aromatic carbocycles. The van der Waals surface area contributed by atoms with Crippen LogP contribution in [0.1, 0.15) is 36.0 Å². The summed E-state index contributed by atoms with van der Waals surface area (Å²) in [4.78, 5) is 12.0. The van der Waals surface area contributed by atoms with Crippen LogP contribution in [0.2, 0.25) is 0 Å². The summed E-state index contributed by atoms with van der Waals surface area (Å²) in [5.41, 5.74) is 4.97. The summed E-state index contributed by atoms with van der Waals surface area (Å²) < 4.78 is 26.6. The van der Waals surface area contributed by atoms with E-state index in [4.69, 9.17) is 5.73 Å². The van der Waals surface area contributed by atoms with Crippen molar-refractivity contribution in [3.63, 3.8) is 0 Å². The van der Waals surface area contributed by atoms with E-state index in [0.29, 0.717) is 24.4 Å². The number of nitrogens with one attached hydrogen (secondary N) is 1. The van der Waals surface area contributed by atoms with E-state index in [0.717, 1.165) is 18.4 Å². The smallest absolute Gasteiger partial charge is 0.254 e. The maximum atomic E-state index is 13.6. The minimum atomic E-state index is -0.873. The Hall–Kier alpha value is -1.65. The Morgan fingerprint density at radius 2 is 2.05 bits per heavy atom. The zero-order valence-corrected chi connectivity index (χ0v) is 11.2. The largest absolute Gasteiger partial charge is 0.396 e. The van der Waals surface area contributed by atoms with Crippen molar-refractivity contribution in [2.75, 3.05) is 12.3 Å². The lowest BCUT2D eigenvalue weighted by atomic mass is 9.89. The van der Waals surface area contributed by atoms with Crippen LogP contribution in [-0.2, 0) is 0 Å². The fourth-order valence-corrected chi connectivity index (χ4v) is 3.69. The van der Waals surface area contributed by atoms with E-state index in [9.17, 15) is 13.6 Å². The topological polar surface area (TPSA) is 55.1 Å². The lowest BCUT2D eigenvalue weighted by Gasteiger charge is -2.21. The molecule has 0 heterocycles. The summed E-state index contributed by atoms with van der Waals surface area (Å²) in [7, 11) is 0. The van der Waals surface area contributed by atoms with Crippen molar-refractivity contribution >= 4 is 11.6 Å². The third-order valence-corrected chi connectivity index (χ3v) is 4.74. The van der Waals surface area contributed by atoms with Gasteiger partial charge in [0.25, 0.3) is 5.91 Å². The summed E-state index contributed by atoms with van der Waals surface area (Å²) in [5, 5.41) is 2.76. The molecule has 2 saturated carbocycles. The summed E-state index contributed by atoms with van der Waals surface area (Å²) >= 11 is 0. The normalized spacial score (nSPS) is 27.8. The number of anilines is 1. The Morgan fingerprint density at radius 1 is 1.25 bits per heavy atom. The summed E-state index contributed by atoms with van der Waals surface area (Å²) in [6.07, 6.45) is 4.96. The highest BCUT2D eigenvalue weighted by atomic mass is 19.1. The highest BCUT2D eigenvalue weighted by Gasteiger charge is 2.39. The van der Waals surface area contributed by atoms with Gasteiger partial charge in [-0.05, 0) is 43.1 Å². The van der Waals surface area contributed by atoms with Gasteiger partial charge in [-0.15, -0.1) is 0 Å². The molecular formula is C15H18F2N2O. The lowest BCUT2D eigenvalue weighted by Crippen LogP contribution is -2.32. The van der Waals surface area contributed by atoms with Gasteiger partial charge in [-0.3, -0.25) is 4.79 Å². The monoisotopic (exact) mass is 280 g/mol. The predicted molar refractivity (Wildman–Crippen MR) is 72.0 cm³/mol. The molecule has 1 aromatic rings. The van der Waals surface area contributed by atoms with Crippen molar-refractivity contribution in [3.8, 4) is 0 Å². The molecule has 0 saturated heterocycles. The SMILES string of the molecule is Nc1cc(C(=O)NCC2CC3CCC2C3)c(F)cc1F. The van der Waals surface area contributed by atoms with Gasteiger partial charge in [0, 0.05) is 12.6 Å². The first kappa shape index (κ1) is 13.3. The van der Waals surface area contributed by atoms with Gasteiger partial charge in [0.05, 0.1) is 11.3 Å². The molecule has 108 valence electrons. The van der Waals surface area contributed by atoms with E-state index in [2.05, 4.69) is 5.32 Å². The molecule has 3 N–H and O–H groups in total. The Balaban J connectivity index is 1.63. The zero-order chi connectivity index (χ0) is 14.3. The van der Waals surface area contributed by atoms with Crippen LogP contribution >= 0.6 is 0 Å². The van der Waals surface area contributed by atoms with Gasteiger partial charge < -0.3 is 11.1 Å². The lowest BCUT2D eigenvalue weighted by molar-refractivity contribution is 0.0937. The van der Waals surface area contributed by atoms with Crippen LogP contribution in [-0.4, -0.2) is 12.5 Å². The number of carbonyl (C=O) groups is 1. The molecule has 3 unspecified atom stereocenters. The maximum Gasteiger partial charge on any atom is 0.254 e. The van der Waals surface area contributed by atoms with Crippen LogP contribution in [0.4, 0.5) is 14.5 Å². The second kappa shape index (κ2) is 5.04. The molecule has 0 aliphatic heterocycles. The van der Waals surface area contributed by atoms with E-state index in [1.54, 1.807) is 0 Å². The number of nitrogen functional groups attached to an aromatic ring is 1. The molecule has 0 aromatic heterocycles. The average Bonchev–Trinajstić information content (AvgIpc) is 3.02. The minimum Gasteiger partial charge on any atom is -0.396 e. The van der Waals surface area contributed by atoms with Crippen molar-refractivity contribution in [2.24, 2.45) is 17.8 Å². The number of halogens is 2. The molecule has 3 nitrogen and oxygen atoms in total. The van der Waals surface area contributed by atoms with Gasteiger partial charge in [0.15, 0.2) is 0 Å². The van der Waals surface area contributed by atoms with Gasteiger partial charge in [-0.25, -0.2) is 8.78 Å². The first-order valence-corrected chi connectivity index (χ1v) is 7.07. The van der Waals surface area contributed by atoms with E-state index < -0.39 is 17.5 Å². The Labute approximate surface area is 116 Å². The van der Waals surface area contributed by atoms with Gasteiger partial charge in [-0.1, -0.05) is 6.42 Å². The van der Waals surface area contributed by atoms with Gasteiger partial charge in [-0.2, -0.15) is 0 Å². The fourth-order valence-electron chi connectivity index (χ4n) is 3.69. The van der Waals surface area contributed by atoms with Crippen LogP contribution in [0.3, 0.4) is 0 Å². The highest BCUT2D eigenvalue weighted by molar-refractivity contribution is 5.95. The van der Waals surface area contributed by atoms with Crippen molar-refractivity contribution < 1.29 is 13.6 Å².